The van der Waals surface area contributed by atoms with Gasteiger partial charge in [-0.05, 0) is 34.1 Å². The van der Waals surface area contributed by atoms with E-state index < -0.39 is 4.92 Å². The molecule has 0 fully saturated rings. The van der Waals surface area contributed by atoms with E-state index in [1.165, 1.54) is 6.07 Å². The highest BCUT2D eigenvalue weighted by Gasteiger charge is 2.11. The first-order valence-electron chi connectivity index (χ1n) is 4.88. The molecule has 2 aromatic rings. The van der Waals surface area contributed by atoms with E-state index in [1.807, 2.05) is 24.3 Å². The minimum absolute atomic E-state index is 0.242. The van der Waals surface area contributed by atoms with Gasteiger partial charge < -0.3 is 9.73 Å². The quantitative estimate of drug-likeness (QED) is 0.692. The number of nitro groups is 1. The standard InChI is InChI=1S/C11H9BrN2O3/c12-9-3-1-2-4-10(9)13-7-8-5-6-11(17-8)14(15)16/h1-6,13H,7H2. The number of furan rings is 1. The van der Waals surface area contributed by atoms with E-state index >= 15 is 0 Å². The van der Waals surface area contributed by atoms with Crippen LogP contribution in [-0.4, -0.2) is 4.92 Å². The van der Waals surface area contributed by atoms with Gasteiger partial charge in [-0.1, -0.05) is 12.1 Å². The van der Waals surface area contributed by atoms with Crippen LogP contribution in [0.3, 0.4) is 0 Å². The Morgan fingerprint density at radius 1 is 1.29 bits per heavy atom. The zero-order chi connectivity index (χ0) is 12.3. The van der Waals surface area contributed by atoms with Gasteiger partial charge in [-0.15, -0.1) is 0 Å². The lowest BCUT2D eigenvalue weighted by molar-refractivity contribution is -0.402. The molecule has 0 spiro atoms. The fraction of sp³-hybridized carbons (Fsp3) is 0.0909. The lowest BCUT2D eigenvalue weighted by Crippen LogP contribution is -1.98. The summed E-state index contributed by atoms with van der Waals surface area (Å²) >= 11 is 3.40. The molecule has 1 N–H and O–H groups in total. The van der Waals surface area contributed by atoms with Crippen molar-refractivity contribution in [3.05, 3.63) is 56.7 Å². The van der Waals surface area contributed by atoms with Crippen LogP contribution in [0.4, 0.5) is 11.6 Å². The third kappa shape index (κ3) is 2.85. The van der Waals surface area contributed by atoms with Crippen LogP contribution in [0.25, 0.3) is 0 Å². The summed E-state index contributed by atoms with van der Waals surface area (Å²) in [6.07, 6.45) is 0. The molecule has 0 atom stereocenters. The first kappa shape index (κ1) is 11.7. The van der Waals surface area contributed by atoms with E-state index in [0.717, 1.165) is 10.2 Å². The zero-order valence-corrected chi connectivity index (χ0v) is 10.3. The number of rotatable bonds is 4. The van der Waals surface area contributed by atoms with E-state index in [9.17, 15) is 10.1 Å². The van der Waals surface area contributed by atoms with Gasteiger partial charge in [0.05, 0.1) is 12.6 Å². The molecule has 17 heavy (non-hydrogen) atoms. The average Bonchev–Trinajstić information content (AvgIpc) is 2.77. The maximum absolute atomic E-state index is 10.4. The molecule has 1 heterocycles. The number of benzene rings is 1. The van der Waals surface area contributed by atoms with Crippen LogP contribution in [0.5, 0.6) is 0 Å². The SMILES string of the molecule is O=[N+]([O-])c1ccc(CNc2ccccc2Br)o1. The van der Waals surface area contributed by atoms with Crippen molar-refractivity contribution < 1.29 is 9.34 Å². The number of anilines is 1. The van der Waals surface area contributed by atoms with Crippen molar-refractivity contribution >= 4 is 27.5 Å². The summed E-state index contributed by atoms with van der Waals surface area (Å²) in [5.41, 5.74) is 0.909. The maximum Gasteiger partial charge on any atom is 0.433 e. The molecule has 1 aromatic heterocycles. The Kier molecular flexibility index (Phi) is 3.43. The van der Waals surface area contributed by atoms with Crippen LogP contribution in [0.2, 0.25) is 0 Å². The molecule has 0 unspecified atom stereocenters. The van der Waals surface area contributed by atoms with Crippen molar-refractivity contribution in [3.63, 3.8) is 0 Å². The predicted molar refractivity (Wildman–Crippen MR) is 66.8 cm³/mol. The number of nitrogens with zero attached hydrogens (tertiary/aromatic N) is 1. The van der Waals surface area contributed by atoms with Crippen LogP contribution in [0.1, 0.15) is 5.76 Å². The molecule has 0 bridgehead atoms. The van der Waals surface area contributed by atoms with Crippen molar-refractivity contribution in [2.75, 3.05) is 5.32 Å². The third-order valence-electron chi connectivity index (χ3n) is 2.15. The Hall–Kier alpha value is -1.82. The van der Waals surface area contributed by atoms with Crippen molar-refractivity contribution in [2.24, 2.45) is 0 Å². The summed E-state index contributed by atoms with van der Waals surface area (Å²) in [4.78, 5) is 9.87. The Labute approximate surface area is 106 Å². The van der Waals surface area contributed by atoms with Crippen LogP contribution < -0.4 is 5.32 Å². The second-order valence-electron chi connectivity index (χ2n) is 3.33. The lowest BCUT2D eigenvalue weighted by Gasteiger charge is -2.05. The number of hydrogen-bond acceptors (Lipinski definition) is 4. The molecule has 0 saturated heterocycles. The third-order valence-corrected chi connectivity index (χ3v) is 2.85. The van der Waals surface area contributed by atoms with E-state index in [4.69, 9.17) is 4.42 Å². The van der Waals surface area contributed by atoms with E-state index in [-0.39, 0.29) is 5.88 Å². The number of hydrogen-bond donors (Lipinski definition) is 1. The minimum atomic E-state index is -0.554. The molecule has 0 aliphatic rings. The van der Waals surface area contributed by atoms with Crippen LogP contribution >= 0.6 is 15.9 Å². The molecule has 2 rings (SSSR count). The van der Waals surface area contributed by atoms with Gasteiger partial charge >= 0.3 is 5.88 Å². The fourth-order valence-corrected chi connectivity index (χ4v) is 1.77. The second kappa shape index (κ2) is 5.01. The Balaban J connectivity index is 2.02. The molecule has 0 radical (unpaired) electrons. The van der Waals surface area contributed by atoms with Gasteiger partial charge in [-0.2, -0.15) is 0 Å². The van der Waals surface area contributed by atoms with Gasteiger partial charge in [0.15, 0.2) is 0 Å². The molecular weight excluding hydrogens is 288 g/mol. The second-order valence-corrected chi connectivity index (χ2v) is 4.18. The molecule has 0 amide bonds. The average molecular weight is 297 g/mol. The zero-order valence-electron chi connectivity index (χ0n) is 8.72. The van der Waals surface area contributed by atoms with Gasteiger partial charge in [0.2, 0.25) is 0 Å². The molecule has 0 aliphatic carbocycles. The van der Waals surface area contributed by atoms with Gasteiger partial charge in [0, 0.05) is 10.2 Å². The van der Waals surface area contributed by atoms with Crippen LogP contribution in [0.15, 0.2) is 45.3 Å². The molecule has 0 aliphatic heterocycles. The largest absolute Gasteiger partial charge is 0.433 e. The van der Waals surface area contributed by atoms with Crippen LogP contribution in [0, 0.1) is 10.1 Å². The molecule has 6 heteroatoms. The minimum Gasteiger partial charge on any atom is -0.404 e. The normalized spacial score (nSPS) is 10.2. The summed E-state index contributed by atoms with van der Waals surface area (Å²) in [5, 5.41) is 13.5. The molecule has 1 aromatic carbocycles. The molecular formula is C11H9BrN2O3. The van der Waals surface area contributed by atoms with E-state index in [0.29, 0.717) is 12.3 Å². The highest BCUT2D eigenvalue weighted by atomic mass is 79.9. The summed E-state index contributed by atoms with van der Waals surface area (Å²) in [7, 11) is 0. The highest BCUT2D eigenvalue weighted by Crippen LogP contribution is 2.23. The summed E-state index contributed by atoms with van der Waals surface area (Å²) in [6, 6.07) is 10.6. The fourth-order valence-electron chi connectivity index (χ4n) is 1.35. The van der Waals surface area contributed by atoms with E-state index in [2.05, 4.69) is 21.2 Å². The molecule has 0 saturated carbocycles. The Bertz CT molecular complexity index is 539. The van der Waals surface area contributed by atoms with Crippen LogP contribution in [-0.2, 0) is 6.54 Å². The van der Waals surface area contributed by atoms with Crippen molar-refractivity contribution in [2.45, 2.75) is 6.54 Å². The molecule has 5 nitrogen and oxygen atoms in total. The number of nitrogens with one attached hydrogen (secondary N) is 1. The number of halogens is 1. The Morgan fingerprint density at radius 3 is 2.71 bits per heavy atom. The molecule has 88 valence electrons. The number of para-hydroxylation sites is 1. The van der Waals surface area contributed by atoms with Gasteiger partial charge in [0.1, 0.15) is 10.7 Å². The maximum atomic E-state index is 10.4. The predicted octanol–water partition coefficient (Wildman–Crippen LogP) is 3.56. The highest BCUT2D eigenvalue weighted by molar-refractivity contribution is 9.10. The van der Waals surface area contributed by atoms with Gasteiger partial charge in [-0.25, -0.2) is 0 Å². The first-order valence-corrected chi connectivity index (χ1v) is 5.67. The topological polar surface area (TPSA) is 68.3 Å². The summed E-state index contributed by atoms with van der Waals surface area (Å²) in [6.45, 7) is 0.399. The van der Waals surface area contributed by atoms with Crippen molar-refractivity contribution in [1.82, 2.24) is 0 Å². The van der Waals surface area contributed by atoms with Crippen molar-refractivity contribution in [3.8, 4) is 0 Å². The van der Waals surface area contributed by atoms with Gasteiger partial charge in [0.25, 0.3) is 0 Å². The van der Waals surface area contributed by atoms with Gasteiger partial charge in [-0.3, -0.25) is 10.1 Å². The van der Waals surface area contributed by atoms with Crippen molar-refractivity contribution in [1.29, 1.82) is 0 Å². The lowest BCUT2D eigenvalue weighted by atomic mass is 10.3. The first-order chi connectivity index (χ1) is 8.16. The monoisotopic (exact) mass is 296 g/mol. The van der Waals surface area contributed by atoms with E-state index in [1.54, 1.807) is 6.07 Å². The Morgan fingerprint density at radius 2 is 2.06 bits per heavy atom. The summed E-state index contributed by atoms with van der Waals surface area (Å²) in [5.74, 6) is 0.279. The smallest absolute Gasteiger partial charge is 0.404 e. The summed E-state index contributed by atoms with van der Waals surface area (Å²) < 4.78 is 5.96.